The maximum absolute atomic E-state index is 10.9. The van der Waals surface area contributed by atoms with E-state index in [4.69, 9.17) is 16.3 Å². The Hall–Kier alpha value is -1.26. The van der Waals surface area contributed by atoms with Gasteiger partial charge in [0, 0.05) is 37.3 Å². The van der Waals surface area contributed by atoms with E-state index in [1.54, 1.807) is 0 Å². The van der Waals surface area contributed by atoms with Crippen molar-refractivity contribution in [3.05, 3.63) is 28.8 Å². The summed E-state index contributed by atoms with van der Waals surface area (Å²) in [6.45, 7) is 5.26. The third kappa shape index (κ3) is 3.37. The van der Waals surface area contributed by atoms with E-state index in [0.717, 1.165) is 37.6 Å². The molecule has 1 aromatic carbocycles. The smallest absolute Gasteiger partial charge is 0.217 e. The van der Waals surface area contributed by atoms with E-state index < -0.39 is 0 Å². The number of nitrogens with zero attached hydrogens (tertiary/aromatic N) is 1. The van der Waals surface area contributed by atoms with E-state index >= 15 is 0 Å². The average molecular weight is 269 g/mol. The van der Waals surface area contributed by atoms with Gasteiger partial charge in [-0.2, -0.15) is 0 Å². The number of nitrogens with one attached hydrogen (secondary N) is 1. The highest BCUT2D eigenvalue weighted by molar-refractivity contribution is 6.31. The zero-order valence-corrected chi connectivity index (χ0v) is 11.2. The predicted octanol–water partition coefficient (Wildman–Crippen LogP) is 1.81. The molecule has 1 aliphatic heterocycles. The molecule has 0 saturated carbocycles. The van der Waals surface area contributed by atoms with Crippen LogP contribution >= 0.6 is 11.6 Å². The van der Waals surface area contributed by atoms with Gasteiger partial charge in [0.05, 0.1) is 13.2 Å². The van der Waals surface area contributed by atoms with Crippen LogP contribution in [0.25, 0.3) is 0 Å². The first-order chi connectivity index (χ1) is 8.66. The molecule has 0 bridgehead atoms. The summed E-state index contributed by atoms with van der Waals surface area (Å²) in [6.07, 6.45) is 0. The number of hydrogen-bond donors (Lipinski definition) is 1. The maximum atomic E-state index is 10.9. The van der Waals surface area contributed by atoms with Crippen molar-refractivity contribution >= 4 is 23.2 Å². The van der Waals surface area contributed by atoms with Gasteiger partial charge in [-0.1, -0.05) is 17.7 Å². The maximum Gasteiger partial charge on any atom is 0.217 e. The van der Waals surface area contributed by atoms with Gasteiger partial charge in [0.25, 0.3) is 0 Å². The second-order valence-electron chi connectivity index (χ2n) is 4.28. The van der Waals surface area contributed by atoms with Gasteiger partial charge < -0.3 is 15.0 Å². The number of amides is 1. The molecule has 1 fully saturated rings. The van der Waals surface area contributed by atoms with Crippen molar-refractivity contribution in [3.63, 3.8) is 0 Å². The monoisotopic (exact) mass is 268 g/mol. The third-order valence-corrected chi connectivity index (χ3v) is 3.29. The molecule has 2 rings (SSSR count). The molecular formula is C13H17ClN2O2. The standard InChI is InChI=1S/C13H17ClN2O2/c1-10(17)15-9-11-2-3-12(8-13(11)14)16-4-6-18-7-5-16/h2-3,8H,4-7,9H2,1H3,(H,15,17). The highest BCUT2D eigenvalue weighted by atomic mass is 35.5. The molecule has 1 amide bonds. The molecule has 4 nitrogen and oxygen atoms in total. The molecule has 0 aliphatic carbocycles. The van der Waals surface area contributed by atoms with Crippen molar-refractivity contribution in [1.82, 2.24) is 5.32 Å². The lowest BCUT2D eigenvalue weighted by atomic mass is 10.2. The summed E-state index contributed by atoms with van der Waals surface area (Å²) in [4.78, 5) is 13.1. The van der Waals surface area contributed by atoms with Gasteiger partial charge >= 0.3 is 0 Å². The lowest BCUT2D eigenvalue weighted by molar-refractivity contribution is -0.119. The van der Waals surface area contributed by atoms with Gasteiger partial charge in [0.2, 0.25) is 5.91 Å². The fourth-order valence-electron chi connectivity index (χ4n) is 1.92. The van der Waals surface area contributed by atoms with E-state index in [-0.39, 0.29) is 5.91 Å². The Morgan fingerprint density at radius 2 is 2.17 bits per heavy atom. The Morgan fingerprint density at radius 3 is 2.78 bits per heavy atom. The van der Waals surface area contributed by atoms with Crippen LogP contribution in [0.4, 0.5) is 5.69 Å². The third-order valence-electron chi connectivity index (χ3n) is 2.94. The summed E-state index contributed by atoms with van der Waals surface area (Å²) in [7, 11) is 0. The molecule has 1 aliphatic rings. The normalized spacial score (nSPS) is 15.6. The predicted molar refractivity (Wildman–Crippen MR) is 72.0 cm³/mol. The van der Waals surface area contributed by atoms with Crippen LogP contribution in [0.15, 0.2) is 18.2 Å². The number of rotatable bonds is 3. The number of carbonyl (C=O) groups excluding carboxylic acids is 1. The van der Waals surface area contributed by atoms with Gasteiger partial charge in [0.15, 0.2) is 0 Å². The van der Waals surface area contributed by atoms with E-state index in [2.05, 4.69) is 10.2 Å². The molecule has 0 spiro atoms. The molecule has 1 saturated heterocycles. The zero-order valence-electron chi connectivity index (χ0n) is 10.4. The van der Waals surface area contributed by atoms with E-state index in [1.165, 1.54) is 6.92 Å². The molecule has 1 heterocycles. The van der Waals surface area contributed by atoms with Crippen molar-refractivity contribution in [2.75, 3.05) is 31.2 Å². The second kappa shape index (κ2) is 6.07. The number of halogens is 1. The van der Waals surface area contributed by atoms with Crippen LogP contribution in [0.2, 0.25) is 5.02 Å². The molecule has 0 unspecified atom stereocenters. The van der Waals surface area contributed by atoms with Gasteiger partial charge in [-0.25, -0.2) is 0 Å². The summed E-state index contributed by atoms with van der Waals surface area (Å²) in [6, 6.07) is 5.95. The Kier molecular flexibility index (Phi) is 4.44. The highest BCUT2D eigenvalue weighted by Crippen LogP contribution is 2.24. The highest BCUT2D eigenvalue weighted by Gasteiger charge is 2.12. The Bertz CT molecular complexity index is 431. The SMILES string of the molecule is CC(=O)NCc1ccc(N2CCOCC2)cc1Cl. The Labute approximate surface area is 112 Å². The molecule has 0 atom stereocenters. The zero-order chi connectivity index (χ0) is 13.0. The fraction of sp³-hybridized carbons (Fsp3) is 0.462. The van der Waals surface area contributed by atoms with Crippen LogP contribution < -0.4 is 10.2 Å². The van der Waals surface area contributed by atoms with E-state index in [0.29, 0.717) is 11.6 Å². The van der Waals surface area contributed by atoms with Crippen LogP contribution in [-0.2, 0) is 16.1 Å². The Balaban J connectivity index is 2.06. The average Bonchev–Trinajstić information content (AvgIpc) is 2.38. The van der Waals surface area contributed by atoms with Crippen LogP contribution in [0, 0.1) is 0 Å². The molecule has 5 heteroatoms. The van der Waals surface area contributed by atoms with Crippen LogP contribution in [0.3, 0.4) is 0 Å². The molecule has 0 radical (unpaired) electrons. The number of ether oxygens (including phenoxy) is 1. The summed E-state index contributed by atoms with van der Waals surface area (Å²) in [5.74, 6) is -0.0525. The Morgan fingerprint density at radius 1 is 1.44 bits per heavy atom. The van der Waals surface area contributed by atoms with Crippen LogP contribution in [0.1, 0.15) is 12.5 Å². The van der Waals surface area contributed by atoms with E-state index in [9.17, 15) is 4.79 Å². The number of hydrogen-bond acceptors (Lipinski definition) is 3. The van der Waals surface area contributed by atoms with Crippen molar-refractivity contribution in [2.45, 2.75) is 13.5 Å². The summed E-state index contributed by atoms with van der Waals surface area (Å²) in [5.41, 5.74) is 2.04. The van der Waals surface area contributed by atoms with Gasteiger partial charge in [-0.15, -0.1) is 0 Å². The lowest BCUT2D eigenvalue weighted by Gasteiger charge is -2.29. The van der Waals surface area contributed by atoms with Gasteiger partial charge in [-0.05, 0) is 17.7 Å². The van der Waals surface area contributed by atoms with Crippen LogP contribution in [0.5, 0.6) is 0 Å². The van der Waals surface area contributed by atoms with Crippen molar-refractivity contribution in [1.29, 1.82) is 0 Å². The van der Waals surface area contributed by atoms with Crippen LogP contribution in [-0.4, -0.2) is 32.2 Å². The minimum Gasteiger partial charge on any atom is -0.378 e. The molecule has 0 aromatic heterocycles. The van der Waals surface area contributed by atoms with E-state index in [1.807, 2.05) is 18.2 Å². The van der Waals surface area contributed by atoms with Gasteiger partial charge in [0.1, 0.15) is 0 Å². The first-order valence-corrected chi connectivity index (χ1v) is 6.40. The summed E-state index contributed by atoms with van der Waals surface area (Å²) >= 11 is 6.22. The van der Waals surface area contributed by atoms with Crippen molar-refractivity contribution in [2.24, 2.45) is 0 Å². The number of benzene rings is 1. The second-order valence-corrected chi connectivity index (χ2v) is 4.69. The van der Waals surface area contributed by atoms with Crippen molar-refractivity contribution < 1.29 is 9.53 Å². The van der Waals surface area contributed by atoms with Crippen molar-refractivity contribution in [3.8, 4) is 0 Å². The minimum atomic E-state index is -0.0525. The number of morpholine rings is 1. The molecule has 1 N–H and O–H groups in total. The van der Waals surface area contributed by atoms with Gasteiger partial charge in [-0.3, -0.25) is 4.79 Å². The quantitative estimate of drug-likeness (QED) is 0.909. The minimum absolute atomic E-state index is 0.0525. The number of anilines is 1. The first kappa shape index (κ1) is 13.2. The first-order valence-electron chi connectivity index (χ1n) is 6.02. The fourth-order valence-corrected chi connectivity index (χ4v) is 2.16. The molecule has 18 heavy (non-hydrogen) atoms. The molecule has 1 aromatic rings. The summed E-state index contributed by atoms with van der Waals surface area (Å²) in [5, 5.41) is 3.43. The number of carbonyl (C=O) groups is 1. The molecular weight excluding hydrogens is 252 g/mol. The topological polar surface area (TPSA) is 41.6 Å². The molecule has 98 valence electrons. The summed E-state index contributed by atoms with van der Waals surface area (Å²) < 4.78 is 5.32. The lowest BCUT2D eigenvalue weighted by Crippen LogP contribution is -2.36. The largest absolute Gasteiger partial charge is 0.378 e.